The average molecular weight is 249 g/mol. The van der Waals surface area contributed by atoms with E-state index in [1.165, 1.54) is 0 Å². The smallest absolute Gasteiger partial charge is 0.254 e. The van der Waals surface area contributed by atoms with Gasteiger partial charge in [0.15, 0.2) is 0 Å². The van der Waals surface area contributed by atoms with Crippen molar-refractivity contribution in [2.45, 2.75) is 32.0 Å². The Hall–Kier alpha value is -1.46. The lowest BCUT2D eigenvalue weighted by atomic mass is 10.1. The Morgan fingerprint density at radius 2 is 2.44 bits per heavy atom. The second kappa shape index (κ2) is 5.46. The summed E-state index contributed by atoms with van der Waals surface area (Å²) >= 11 is 0. The van der Waals surface area contributed by atoms with E-state index >= 15 is 0 Å². The lowest BCUT2D eigenvalue weighted by molar-refractivity contribution is 0.0574. The van der Waals surface area contributed by atoms with Gasteiger partial charge in [0.2, 0.25) is 0 Å². The van der Waals surface area contributed by atoms with Crippen molar-refractivity contribution in [1.82, 2.24) is 9.88 Å². The third-order valence-corrected chi connectivity index (χ3v) is 3.43. The molecular weight excluding hydrogens is 230 g/mol. The van der Waals surface area contributed by atoms with Gasteiger partial charge in [-0.05, 0) is 25.5 Å². The third kappa shape index (κ3) is 2.52. The lowest BCUT2D eigenvalue weighted by Gasteiger charge is -2.26. The van der Waals surface area contributed by atoms with Crippen LogP contribution in [0.2, 0.25) is 0 Å². The predicted octanol–water partition coefficient (Wildman–Crippen LogP) is 0.790. The van der Waals surface area contributed by atoms with Gasteiger partial charge in [0.05, 0.1) is 17.8 Å². The van der Waals surface area contributed by atoms with Gasteiger partial charge in [-0.2, -0.15) is 0 Å². The number of likely N-dealkylation sites (N-methyl/N-ethyl adjacent to an activating group) is 1. The number of pyridine rings is 1. The molecule has 1 aliphatic heterocycles. The zero-order valence-corrected chi connectivity index (χ0v) is 10.8. The molecule has 18 heavy (non-hydrogen) atoms. The van der Waals surface area contributed by atoms with E-state index in [-0.39, 0.29) is 18.1 Å². The van der Waals surface area contributed by atoms with Crippen molar-refractivity contribution in [2.24, 2.45) is 5.73 Å². The summed E-state index contributed by atoms with van der Waals surface area (Å²) in [7, 11) is 1.82. The highest BCUT2D eigenvalue weighted by atomic mass is 16.5. The molecule has 2 heterocycles. The van der Waals surface area contributed by atoms with E-state index in [1.807, 2.05) is 14.0 Å². The number of amides is 1. The molecule has 5 nitrogen and oxygen atoms in total. The molecule has 0 aromatic carbocycles. The molecule has 2 N–H and O–H groups in total. The van der Waals surface area contributed by atoms with Crippen LogP contribution in [0, 0.1) is 0 Å². The van der Waals surface area contributed by atoms with Crippen molar-refractivity contribution in [1.29, 1.82) is 0 Å². The van der Waals surface area contributed by atoms with Crippen LogP contribution in [0.4, 0.5) is 0 Å². The van der Waals surface area contributed by atoms with Crippen LogP contribution < -0.4 is 5.73 Å². The molecule has 1 amide bonds. The lowest BCUT2D eigenvalue weighted by Crippen LogP contribution is -2.41. The van der Waals surface area contributed by atoms with Gasteiger partial charge in [-0.15, -0.1) is 0 Å². The Morgan fingerprint density at radius 3 is 3.06 bits per heavy atom. The molecule has 98 valence electrons. The number of rotatable bonds is 3. The quantitative estimate of drug-likeness (QED) is 0.860. The topological polar surface area (TPSA) is 68.5 Å². The largest absolute Gasteiger partial charge is 0.376 e. The fraction of sp³-hybridized carbons (Fsp3) is 0.538. The van der Waals surface area contributed by atoms with Gasteiger partial charge in [0, 0.05) is 32.0 Å². The minimum Gasteiger partial charge on any atom is -0.376 e. The minimum atomic E-state index is -0.00514. The van der Waals surface area contributed by atoms with Gasteiger partial charge in [-0.3, -0.25) is 9.78 Å². The maximum Gasteiger partial charge on any atom is 0.254 e. The van der Waals surface area contributed by atoms with Gasteiger partial charge in [0.1, 0.15) is 0 Å². The van der Waals surface area contributed by atoms with Gasteiger partial charge in [-0.1, -0.05) is 0 Å². The maximum absolute atomic E-state index is 12.3. The van der Waals surface area contributed by atoms with Crippen molar-refractivity contribution in [2.75, 3.05) is 13.7 Å². The number of carbonyl (C=O) groups excluding carboxylic acids is 1. The SMILES string of the molecule is CC1OCCC1N(C)C(=O)c1ccnc(CN)c1. The third-order valence-electron chi connectivity index (χ3n) is 3.43. The Balaban J connectivity index is 2.14. The normalized spacial score (nSPS) is 23.1. The van der Waals surface area contributed by atoms with Crippen LogP contribution in [0.1, 0.15) is 29.4 Å². The van der Waals surface area contributed by atoms with Gasteiger partial charge >= 0.3 is 0 Å². The number of nitrogens with two attached hydrogens (primary N) is 1. The number of ether oxygens (including phenoxy) is 1. The van der Waals surface area contributed by atoms with Crippen LogP contribution in [0.15, 0.2) is 18.3 Å². The number of carbonyl (C=O) groups is 1. The van der Waals surface area contributed by atoms with E-state index in [4.69, 9.17) is 10.5 Å². The number of aromatic nitrogens is 1. The molecule has 1 saturated heterocycles. The standard InChI is InChI=1S/C13H19N3O2/c1-9-12(4-6-18-9)16(2)13(17)10-3-5-15-11(7-10)8-14/h3,5,7,9,12H,4,6,8,14H2,1-2H3. The highest BCUT2D eigenvalue weighted by Crippen LogP contribution is 2.20. The van der Waals surface area contributed by atoms with Crippen molar-refractivity contribution in [3.63, 3.8) is 0 Å². The van der Waals surface area contributed by atoms with Crippen LogP contribution in [-0.4, -0.2) is 41.6 Å². The summed E-state index contributed by atoms with van der Waals surface area (Å²) in [6.07, 6.45) is 2.60. The minimum absolute atomic E-state index is 0.00514. The molecule has 2 unspecified atom stereocenters. The summed E-state index contributed by atoms with van der Waals surface area (Å²) in [6, 6.07) is 3.62. The van der Waals surface area contributed by atoms with Crippen LogP contribution >= 0.6 is 0 Å². The fourth-order valence-electron chi connectivity index (χ4n) is 2.31. The van der Waals surface area contributed by atoms with E-state index in [1.54, 1.807) is 23.2 Å². The molecule has 1 aromatic heterocycles. The monoisotopic (exact) mass is 249 g/mol. The summed E-state index contributed by atoms with van der Waals surface area (Å²) in [5.41, 5.74) is 6.89. The Morgan fingerprint density at radius 1 is 1.67 bits per heavy atom. The Bertz CT molecular complexity index is 436. The molecule has 0 spiro atoms. The number of nitrogens with zero attached hydrogens (tertiary/aromatic N) is 2. The molecule has 1 aromatic rings. The van der Waals surface area contributed by atoms with Crippen molar-refractivity contribution >= 4 is 5.91 Å². The van der Waals surface area contributed by atoms with E-state index in [2.05, 4.69) is 4.98 Å². The summed E-state index contributed by atoms with van der Waals surface area (Å²) in [5, 5.41) is 0. The number of hydrogen-bond acceptors (Lipinski definition) is 4. The Labute approximate surface area is 107 Å². The first-order valence-corrected chi connectivity index (χ1v) is 6.17. The summed E-state index contributed by atoms with van der Waals surface area (Å²) in [5.74, 6) is -0.00514. The van der Waals surface area contributed by atoms with E-state index in [0.717, 1.165) is 12.1 Å². The van der Waals surface area contributed by atoms with Gasteiger partial charge < -0.3 is 15.4 Å². The van der Waals surface area contributed by atoms with Crippen molar-refractivity contribution in [3.05, 3.63) is 29.6 Å². The zero-order valence-electron chi connectivity index (χ0n) is 10.8. The van der Waals surface area contributed by atoms with E-state index in [0.29, 0.717) is 18.7 Å². The second-order valence-corrected chi connectivity index (χ2v) is 4.59. The molecule has 1 fully saturated rings. The molecular formula is C13H19N3O2. The highest BCUT2D eigenvalue weighted by Gasteiger charge is 2.31. The molecule has 1 aliphatic rings. The van der Waals surface area contributed by atoms with Crippen LogP contribution in [-0.2, 0) is 11.3 Å². The predicted molar refractivity (Wildman–Crippen MR) is 68.0 cm³/mol. The molecule has 2 rings (SSSR count). The van der Waals surface area contributed by atoms with Gasteiger partial charge in [-0.25, -0.2) is 0 Å². The van der Waals surface area contributed by atoms with Crippen LogP contribution in [0.25, 0.3) is 0 Å². The fourth-order valence-corrected chi connectivity index (χ4v) is 2.31. The van der Waals surface area contributed by atoms with Crippen molar-refractivity contribution in [3.8, 4) is 0 Å². The van der Waals surface area contributed by atoms with Gasteiger partial charge in [0.25, 0.3) is 5.91 Å². The summed E-state index contributed by atoms with van der Waals surface area (Å²) in [4.78, 5) is 18.2. The molecule has 2 atom stereocenters. The number of hydrogen-bond donors (Lipinski definition) is 1. The maximum atomic E-state index is 12.3. The molecule has 0 aliphatic carbocycles. The Kier molecular flexibility index (Phi) is 3.93. The van der Waals surface area contributed by atoms with Crippen LogP contribution in [0.5, 0.6) is 0 Å². The van der Waals surface area contributed by atoms with Crippen LogP contribution in [0.3, 0.4) is 0 Å². The first-order chi connectivity index (χ1) is 8.63. The van der Waals surface area contributed by atoms with E-state index in [9.17, 15) is 4.79 Å². The summed E-state index contributed by atoms with van der Waals surface area (Å²) < 4.78 is 5.49. The summed E-state index contributed by atoms with van der Waals surface area (Å²) in [6.45, 7) is 3.06. The second-order valence-electron chi connectivity index (χ2n) is 4.59. The first-order valence-electron chi connectivity index (χ1n) is 6.17. The molecule has 0 radical (unpaired) electrons. The zero-order chi connectivity index (χ0) is 13.1. The first kappa shape index (κ1) is 13.0. The van der Waals surface area contributed by atoms with Crippen molar-refractivity contribution < 1.29 is 9.53 Å². The highest BCUT2D eigenvalue weighted by molar-refractivity contribution is 5.94. The average Bonchev–Trinajstić information content (AvgIpc) is 2.83. The van der Waals surface area contributed by atoms with E-state index < -0.39 is 0 Å². The molecule has 0 saturated carbocycles. The molecule has 5 heteroatoms. The molecule has 0 bridgehead atoms.